The van der Waals surface area contributed by atoms with Crippen molar-refractivity contribution in [2.45, 2.75) is 25.8 Å². The Bertz CT molecular complexity index is 1330. The zero-order chi connectivity index (χ0) is 26.0. The molecule has 0 aliphatic carbocycles. The number of urea groups is 1. The Labute approximate surface area is 208 Å². The first-order chi connectivity index (χ1) is 17.3. The van der Waals surface area contributed by atoms with Crippen molar-refractivity contribution in [3.8, 4) is 11.5 Å². The van der Waals surface area contributed by atoms with Crippen molar-refractivity contribution in [1.29, 1.82) is 0 Å². The SMILES string of the molecule is CCOC(=O)C1(C)c2[nH]c3ccccc3c2CCN1C(=O)Nc1cc(OC)c(OC)cc1C(=O)OC. The van der Waals surface area contributed by atoms with Crippen molar-refractivity contribution < 1.29 is 33.3 Å². The van der Waals surface area contributed by atoms with Crippen LogP contribution in [-0.2, 0) is 26.2 Å². The standard InChI is InChI=1S/C26H29N3O7/c1-6-36-24(31)26(2)22-16(15-9-7-8-10-18(15)27-22)11-12-29(26)25(32)28-19-14-21(34-4)20(33-3)13-17(19)23(30)35-5/h7-10,13-14,27H,6,11-12H2,1-5H3,(H,28,32). The number of hydrogen-bond acceptors (Lipinski definition) is 7. The Hall–Kier alpha value is -4.21. The van der Waals surface area contributed by atoms with Gasteiger partial charge in [0.15, 0.2) is 17.0 Å². The summed E-state index contributed by atoms with van der Waals surface area (Å²) in [5, 5.41) is 3.76. The quantitative estimate of drug-likeness (QED) is 0.499. The molecule has 190 valence electrons. The minimum Gasteiger partial charge on any atom is -0.493 e. The number of carbonyl (C=O) groups is 3. The van der Waals surface area contributed by atoms with Crippen molar-refractivity contribution in [2.75, 3.05) is 39.8 Å². The Morgan fingerprint density at radius 1 is 1.08 bits per heavy atom. The molecule has 4 rings (SSSR count). The molecule has 2 N–H and O–H groups in total. The van der Waals surface area contributed by atoms with Crippen LogP contribution in [-0.4, -0.2) is 62.3 Å². The van der Waals surface area contributed by atoms with Crippen LogP contribution in [0.3, 0.4) is 0 Å². The normalized spacial score (nSPS) is 16.8. The van der Waals surface area contributed by atoms with Gasteiger partial charge in [-0.15, -0.1) is 0 Å². The maximum absolute atomic E-state index is 13.7. The topological polar surface area (TPSA) is 119 Å². The van der Waals surface area contributed by atoms with Crippen molar-refractivity contribution in [2.24, 2.45) is 0 Å². The number of fused-ring (bicyclic) bond motifs is 3. The van der Waals surface area contributed by atoms with E-state index in [9.17, 15) is 14.4 Å². The lowest BCUT2D eigenvalue weighted by Gasteiger charge is -2.42. The molecule has 2 amide bonds. The molecule has 2 aromatic carbocycles. The maximum atomic E-state index is 13.7. The van der Waals surface area contributed by atoms with Crippen LogP contribution in [0.15, 0.2) is 36.4 Å². The zero-order valence-electron chi connectivity index (χ0n) is 20.9. The second-order valence-electron chi connectivity index (χ2n) is 8.39. The van der Waals surface area contributed by atoms with Gasteiger partial charge in [-0.25, -0.2) is 14.4 Å². The molecule has 10 heteroatoms. The minimum atomic E-state index is -1.44. The number of aromatic nitrogens is 1. The van der Waals surface area contributed by atoms with E-state index in [1.54, 1.807) is 13.8 Å². The van der Waals surface area contributed by atoms with Crippen LogP contribution < -0.4 is 14.8 Å². The summed E-state index contributed by atoms with van der Waals surface area (Å²) in [6.45, 7) is 3.78. The number of carbonyl (C=O) groups excluding carboxylic acids is 3. The molecule has 1 aromatic heterocycles. The number of hydrogen-bond donors (Lipinski definition) is 2. The van der Waals surface area contributed by atoms with Gasteiger partial charge in [-0.3, -0.25) is 0 Å². The predicted molar refractivity (Wildman–Crippen MR) is 133 cm³/mol. The number of amides is 2. The number of esters is 2. The largest absolute Gasteiger partial charge is 0.493 e. The number of anilines is 1. The van der Waals surface area contributed by atoms with Crippen molar-refractivity contribution in [3.05, 3.63) is 53.2 Å². The molecule has 0 bridgehead atoms. The van der Waals surface area contributed by atoms with E-state index in [-0.39, 0.29) is 24.4 Å². The van der Waals surface area contributed by atoms with Gasteiger partial charge < -0.3 is 34.1 Å². The Balaban J connectivity index is 1.78. The molecule has 0 saturated carbocycles. The van der Waals surface area contributed by atoms with E-state index in [0.29, 0.717) is 23.6 Å². The third-order valence-electron chi connectivity index (χ3n) is 6.51. The van der Waals surface area contributed by atoms with Gasteiger partial charge in [0.05, 0.1) is 44.9 Å². The molecule has 10 nitrogen and oxygen atoms in total. The van der Waals surface area contributed by atoms with Gasteiger partial charge in [-0.1, -0.05) is 18.2 Å². The lowest BCUT2D eigenvalue weighted by Crippen LogP contribution is -2.58. The van der Waals surface area contributed by atoms with E-state index >= 15 is 0 Å². The van der Waals surface area contributed by atoms with Crippen molar-refractivity contribution in [3.63, 3.8) is 0 Å². The highest BCUT2D eigenvalue weighted by Gasteiger charge is 2.50. The van der Waals surface area contributed by atoms with Gasteiger partial charge in [0.1, 0.15) is 0 Å². The summed E-state index contributed by atoms with van der Waals surface area (Å²) in [5.41, 5.74) is 1.22. The molecule has 1 aliphatic heterocycles. The van der Waals surface area contributed by atoms with Gasteiger partial charge >= 0.3 is 18.0 Å². The van der Waals surface area contributed by atoms with Crippen LogP contribution in [0.1, 0.15) is 35.5 Å². The first-order valence-electron chi connectivity index (χ1n) is 11.5. The molecular weight excluding hydrogens is 466 g/mol. The average molecular weight is 496 g/mol. The smallest absolute Gasteiger partial charge is 0.340 e. The van der Waals surface area contributed by atoms with Crippen LogP contribution in [0.25, 0.3) is 10.9 Å². The molecular formula is C26H29N3O7. The summed E-state index contributed by atoms with van der Waals surface area (Å²) in [6.07, 6.45) is 0.525. The predicted octanol–water partition coefficient (Wildman–Crippen LogP) is 3.84. The lowest BCUT2D eigenvalue weighted by atomic mass is 9.86. The van der Waals surface area contributed by atoms with E-state index in [0.717, 1.165) is 16.5 Å². The summed E-state index contributed by atoms with van der Waals surface area (Å²) in [5.74, 6) is -0.623. The molecule has 1 unspecified atom stereocenters. The molecule has 0 saturated heterocycles. The number of benzene rings is 2. The van der Waals surface area contributed by atoms with E-state index in [2.05, 4.69) is 10.3 Å². The van der Waals surface area contributed by atoms with E-state index in [4.69, 9.17) is 18.9 Å². The fourth-order valence-electron chi connectivity index (χ4n) is 4.69. The number of aromatic amines is 1. The molecule has 1 aliphatic rings. The fourth-order valence-corrected chi connectivity index (χ4v) is 4.69. The lowest BCUT2D eigenvalue weighted by molar-refractivity contribution is -0.156. The van der Waals surface area contributed by atoms with Crippen LogP contribution in [0.5, 0.6) is 11.5 Å². The second kappa shape index (κ2) is 9.80. The highest BCUT2D eigenvalue weighted by Crippen LogP contribution is 2.41. The second-order valence-corrected chi connectivity index (χ2v) is 8.39. The van der Waals surface area contributed by atoms with Crippen LogP contribution in [0.2, 0.25) is 0 Å². The maximum Gasteiger partial charge on any atom is 0.340 e. The monoisotopic (exact) mass is 495 g/mol. The Morgan fingerprint density at radius 2 is 1.78 bits per heavy atom. The molecule has 1 atom stereocenters. The Morgan fingerprint density at radius 3 is 2.44 bits per heavy atom. The number of methoxy groups -OCH3 is 3. The zero-order valence-corrected chi connectivity index (χ0v) is 20.9. The molecule has 0 fully saturated rings. The molecule has 36 heavy (non-hydrogen) atoms. The summed E-state index contributed by atoms with van der Waals surface area (Å²) in [6, 6.07) is 10.1. The van der Waals surface area contributed by atoms with Gasteiger partial charge in [-0.05, 0) is 31.9 Å². The summed E-state index contributed by atoms with van der Waals surface area (Å²) in [4.78, 5) is 44.3. The molecule has 0 spiro atoms. The average Bonchev–Trinajstić information content (AvgIpc) is 3.28. The highest BCUT2D eigenvalue weighted by atomic mass is 16.5. The number of nitrogens with one attached hydrogen (secondary N) is 2. The Kier molecular flexibility index (Phi) is 6.78. The van der Waals surface area contributed by atoms with Crippen molar-refractivity contribution in [1.82, 2.24) is 9.88 Å². The fraction of sp³-hybridized carbons (Fsp3) is 0.346. The van der Waals surface area contributed by atoms with Crippen LogP contribution >= 0.6 is 0 Å². The van der Waals surface area contributed by atoms with E-state index in [1.165, 1.54) is 38.4 Å². The highest BCUT2D eigenvalue weighted by molar-refractivity contribution is 6.03. The van der Waals surface area contributed by atoms with Gasteiger partial charge in [-0.2, -0.15) is 0 Å². The number of H-pyrrole nitrogens is 1. The van der Waals surface area contributed by atoms with Crippen LogP contribution in [0.4, 0.5) is 10.5 Å². The van der Waals surface area contributed by atoms with E-state index < -0.39 is 23.5 Å². The third kappa shape index (κ3) is 3.98. The molecule has 0 radical (unpaired) electrons. The van der Waals surface area contributed by atoms with Gasteiger partial charge in [0.25, 0.3) is 0 Å². The number of nitrogens with zero attached hydrogens (tertiary/aromatic N) is 1. The number of ether oxygens (including phenoxy) is 4. The summed E-state index contributed by atoms with van der Waals surface area (Å²) < 4.78 is 20.9. The molecule has 2 heterocycles. The number of rotatable bonds is 6. The van der Waals surface area contributed by atoms with Gasteiger partial charge in [0, 0.05) is 29.6 Å². The summed E-state index contributed by atoms with van der Waals surface area (Å²) in [7, 11) is 4.12. The number of para-hydroxylation sites is 1. The minimum absolute atomic E-state index is 0.0737. The van der Waals surface area contributed by atoms with Crippen LogP contribution in [0, 0.1) is 0 Å². The van der Waals surface area contributed by atoms with Gasteiger partial charge in [0.2, 0.25) is 0 Å². The third-order valence-corrected chi connectivity index (χ3v) is 6.51. The first kappa shape index (κ1) is 24.9. The molecule has 3 aromatic rings. The summed E-state index contributed by atoms with van der Waals surface area (Å²) >= 11 is 0. The van der Waals surface area contributed by atoms with Crippen molar-refractivity contribution >= 4 is 34.6 Å². The first-order valence-corrected chi connectivity index (χ1v) is 11.5. The van der Waals surface area contributed by atoms with E-state index in [1.807, 2.05) is 24.3 Å².